The van der Waals surface area contributed by atoms with Gasteiger partial charge in [-0.3, -0.25) is 4.98 Å². The number of nitrogens with zero attached hydrogens (tertiary/aromatic N) is 2. The molecule has 90 valence electrons. The summed E-state index contributed by atoms with van der Waals surface area (Å²) in [5.41, 5.74) is 2.18. The summed E-state index contributed by atoms with van der Waals surface area (Å²) in [6, 6.07) is 13.9. The Labute approximate surface area is 112 Å². The van der Waals surface area contributed by atoms with E-state index < -0.39 is 0 Å². The van der Waals surface area contributed by atoms with Gasteiger partial charge in [0.25, 0.3) is 0 Å². The van der Waals surface area contributed by atoms with Crippen molar-refractivity contribution in [2.75, 3.05) is 0 Å². The van der Waals surface area contributed by atoms with E-state index in [1.807, 2.05) is 36.4 Å². The molecule has 0 bridgehead atoms. The zero-order valence-electron chi connectivity index (χ0n) is 9.88. The molecule has 2 aromatic rings. The van der Waals surface area contributed by atoms with E-state index in [-0.39, 0.29) is 5.92 Å². The van der Waals surface area contributed by atoms with E-state index in [0.29, 0.717) is 0 Å². The number of pyridine rings is 1. The minimum Gasteiger partial charge on any atom is -0.264 e. The third-order valence-electron chi connectivity index (χ3n) is 2.88. The van der Waals surface area contributed by atoms with Crippen LogP contribution >= 0.6 is 11.6 Å². The van der Waals surface area contributed by atoms with Crippen LogP contribution in [0.15, 0.2) is 48.8 Å². The fourth-order valence-electron chi connectivity index (χ4n) is 1.85. The molecule has 0 unspecified atom stereocenters. The molecule has 0 spiro atoms. The molecule has 2 nitrogen and oxygen atoms in total. The zero-order chi connectivity index (χ0) is 12.8. The maximum atomic E-state index is 9.20. The molecule has 0 saturated carbocycles. The van der Waals surface area contributed by atoms with Gasteiger partial charge in [-0.15, -0.1) is 0 Å². The summed E-state index contributed by atoms with van der Waals surface area (Å²) in [4.78, 5) is 4.05. The highest BCUT2D eigenvalue weighted by atomic mass is 35.5. The first-order chi connectivity index (χ1) is 8.79. The SMILES string of the molecule is N#C[C@H](CCc1ccc(Cl)cc1)c1cccnc1. The molecule has 0 aliphatic rings. The average Bonchev–Trinajstić information content (AvgIpc) is 2.43. The Balaban J connectivity index is 2.00. The number of aromatic nitrogens is 1. The lowest BCUT2D eigenvalue weighted by Crippen LogP contribution is -1.98. The van der Waals surface area contributed by atoms with Gasteiger partial charge in [-0.2, -0.15) is 5.26 Å². The van der Waals surface area contributed by atoms with Gasteiger partial charge in [0.05, 0.1) is 12.0 Å². The van der Waals surface area contributed by atoms with E-state index in [1.165, 1.54) is 5.56 Å². The number of nitriles is 1. The molecule has 3 heteroatoms. The van der Waals surface area contributed by atoms with Crippen LogP contribution in [-0.2, 0) is 6.42 Å². The van der Waals surface area contributed by atoms with Crippen LogP contribution in [0.4, 0.5) is 0 Å². The maximum Gasteiger partial charge on any atom is 0.0730 e. The van der Waals surface area contributed by atoms with Crippen LogP contribution < -0.4 is 0 Å². The first kappa shape index (κ1) is 12.6. The summed E-state index contributed by atoms with van der Waals surface area (Å²) in [6.45, 7) is 0. The second-order valence-electron chi connectivity index (χ2n) is 4.13. The Hall–Kier alpha value is -1.85. The maximum absolute atomic E-state index is 9.20. The Kier molecular flexibility index (Phi) is 4.33. The molecule has 1 heterocycles. The molecule has 18 heavy (non-hydrogen) atoms. The van der Waals surface area contributed by atoms with Gasteiger partial charge in [0, 0.05) is 17.4 Å². The first-order valence-electron chi connectivity index (χ1n) is 5.83. The molecule has 0 saturated heterocycles. The monoisotopic (exact) mass is 256 g/mol. The zero-order valence-corrected chi connectivity index (χ0v) is 10.6. The number of halogens is 1. The van der Waals surface area contributed by atoms with Gasteiger partial charge < -0.3 is 0 Å². The lowest BCUT2D eigenvalue weighted by Gasteiger charge is -2.08. The van der Waals surface area contributed by atoms with Crippen molar-refractivity contribution < 1.29 is 0 Å². The van der Waals surface area contributed by atoms with Gasteiger partial charge in [-0.25, -0.2) is 0 Å². The van der Waals surface area contributed by atoms with Crippen molar-refractivity contribution in [2.24, 2.45) is 0 Å². The summed E-state index contributed by atoms with van der Waals surface area (Å²) in [6.07, 6.45) is 5.14. The topological polar surface area (TPSA) is 36.7 Å². The van der Waals surface area contributed by atoms with Crippen molar-refractivity contribution >= 4 is 11.6 Å². The van der Waals surface area contributed by atoms with Crippen LogP contribution in [0.5, 0.6) is 0 Å². The predicted octanol–water partition coefficient (Wildman–Crippen LogP) is 3.97. The molecule has 0 fully saturated rings. The molecule has 0 aliphatic carbocycles. The summed E-state index contributed by atoms with van der Waals surface area (Å²) >= 11 is 5.84. The van der Waals surface area contributed by atoms with Crippen LogP contribution in [0.1, 0.15) is 23.5 Å². The fraction of sp³-hybridized carbons (Fsp3) is 0.200. The molecule has 2 rings (SSSR count). The molecule has 0 amide bonds. The minimum absolute atomic E-state index is 0.102. The van der Waals surface area contributed by atoms with Gasteiger partial charge in [-0.05, 0) is 42.2 Å². The minimum atomic E-state index is -0.102. The highest BCUT2D eigenvalue weighted by Gasteiger charge is 2.10. The summed E-state index contributed by atoms with van der Waals surface area (Å²) < 4.78 is 0. The summed E-state index contributed by atoms with van der Waals surface area (Å²) in [5, 5.41) is 9.94. The molecule has 1 aromatic carbocycles. The van der Waals surface area contributed by atoms with E-state index >= 15 is 0 Å². The number of hydrogen-bond acceptors (Lipinski definition) is 2. The molecule has 0 aliphatic heterocycles. The van der Waals surface area contributed by atoms with Gasteiger partial charge in [0.2, 0.25) is 0 Å². The highest BCUT2D eigenvalue weighted by molar-refractivity contribution is 6.30. The second kappa shape index (κ2) is 6.18. The van der Waals surface area contributed by atoms with Crippen molar-refractivity contribution in [3.8, 4) is 6.07 Å². The van der Waals surface area contributed by atoms with Gasteiger partial charge in [0.15, 0.2) is 0 Å². The summed E-state index contributed by atoms with van der Waals surface area (Å²) in [7, 11) is 0. The smallest absolute Gasteiger partial charge is 0.0730 e. The molecule has 1 atom stereocenters. The molecular weight excluding hydrogens is 244 g/mol. The number of benzene rings is 1. The molecule has 1 aromatic heterocycles. The Morgan fingerprint density at radius 1 is 1.22 bits per heavy atom. The van der Waals surface area contributed by atoms with Crippen molar-refractivity contribution in [3.05, 3.63) is 64.9 Å². The van der Waals surface area contributed by atoms with Gasteiger partial charge >= 0.3 is 0 Å². The quantitative estimate of drug-likeness (QED) is 0.830. The lowest BCUT2D eigenvalue weighted by atomic mass is 9.95. The van der Waals surface area contributed by atoms with Crippen molar-refractivity contribution in [2.45, 2.75) is 18.8 Å². The van der Waals surface area contributed by atoms with Crippen LogP contribution in [0.2, 0.25) is 5.02 Å². The van der Waals surface area contributed by atoms with Crippen LogP contribution in [-0.4, -0.2) is 4.98 Å². The van der Waals surface area contributed by atoms with E-state index in [4.69, 9.17) is 11.6 Å². The number of hydrogen-bond donors (Lipinski definition) is 0. The normalized spacial score (nSPS) is 11.8. The highest BCUT2D eigenvalue weighted by Crippen LogP contribution is 2.20. The summed E-state index contributed by atoms with van der Waals surface area (Å²) in [5.74, 6) is -0.102. The lowest BCUT2D eigenvalue weighted by molar-refractivity contribution is 0.743. The van der Waals surface area contributed by atoms with Crippen LogP contribution in [0, 0.1) is 11.3 Å². The molecule has 0 N–H and O–H groups in total. The first-order valence-corrected chi connectivity index (χ1v) is 6.21. The average molecular weight is 257 g/mol. The van der Waals surface area contributed by atoms with E-state index in [2.05, 4.69) is 11.1 Å². The third-order valence-corrected chi connectivity index (χ3v) is 3.13. The standard InChI is InChI=1S/C15H13ClN2/c16-15-7-4-12(5-8-15)3-6-13(10-17)14-2-1-9-18-11-14/h1-2,4-5,7-9,11,13H,3,6H2/t13-/m0/s1. The van der Waals surface area contributed by atoms with Gasteiger partial charge in [-0.1, -0.05) is 29.8 Å². The molecule has 0 radical (unpaired) electrons. The largest absolute Gasteiger partial charge is 0.264 e. The fourth-order valence-corrected chi connectivity index (χ4v) is 1.98. The van der Waals surface area contributed by atoms with E-state index in [9.17, 15) is 5.26 Å². The van der Waals surface area contributed by atoms with E-state index in [1.54, 1.807) is 12.4 Å². The number of rotatable bonds is 4. The van der Waals surface area contributed by atoms with Crippen molar-refractivity contribution in [1.82, 2.24) is 4.98 Å². The third kappa shape index (κ3) is 3.32. The van der Waals surface area contributed by atoms with E-state index in [0.717, 1.165) is 23.4 Å². The van der Waals surface area contributed by atoms with Crippen molar-refractivity contribution in [3.63, 3.8) is 0 Å². The predicted molar refractivity (Wildman–Crippen MR) is 72.4 cm³/mol. The van der Waals surface area contributed by atoms with Crippen LogP contribution in [0.25, 0.3) is 0 Å². The Bertz CT molecular complexity index is 529. The Morgan fingerprint density at radius 3 is 2.61 bits per heavy atom. The second-order valence-corrected chi connectivity index (χ2v) is 4.57. The van der Waals surface area contributed by atoms with Gasteiger partial charge in [0.1, 0.15) is 0 Å². The van der Waals surface area contributed by atoms with Crippen LogP contribution in [0.3, 0.4) is 0 Å². The molecular formula is C15H13ClN2. The van der Waals surface area contributed by atoms with Crippen molar-refractivity contribution in [1.29, 1.82) is 5.26 Å². The number of aryl methyl sites for hydroxylation is 1. The Morgan fingerprint density at radius 2 is 2.00 bits per heavy atom.